The van der Waals surface area contributed by atoms with Crippen LogP contribution in [0.5, 0.6) is 0 Å². The molecule has 4 unspecified atom stereocenters. The lowest BCUT2D eigenvalue weighted by Crippen LogP contribution is -2.57. The number of carbonyl (C=O) groups excluding carboxylic acids is 11. The number of ketones is 1. The average Bonchev–Trinajstić information content (AvgIpc) is 3.76. The van der Waals surface area contributed by atoms with Gasteiger partial charge in [0.2, 0.25) is 47.3 Å². The van der Waals surface area contributed by atoms with E-state index in [0.717, 1.165) is 0 Å². The van der Waals surface area contributed by atoms with E-state index in [1.54, 1.807) is 13.8 Å². The van der Waals surface area contributed by atoms with Gasteiger partial charge in [0.05, 0.1) is 71.3 Å². The third-order valence-electron chi connectivity index (χ3n) is 11.5. The van der Waals surface area contributed by atoms with Gasteiger partial charge >= 0.3 is 19.1 Å². The average molecular weight is 965 g/mol. The first-order valence-corrected chi connectivity index (χ1v) is 22.7. The maximum Gasteiger partial charge on any atom is 0.475 e. The van der Waals surface area contributed by atoms with E-state index in [-0.39, 0.29) is 38.4 Å². The summed E-state index contributed by atoms with van der Waals surface area (Å²) in [5.41, 5.74) is 0. The minimum Gasteiger partial charge on any atom is -0.426 e. The fourth-order valence-electron chi connectivity index (χ4n) is 7.70. The van der Waals surface area contributed by atoms with E-state index in [1.807, 2.05) is 19.6 Å². The number of esters is 2. The van der Waals surface area contributed by atoms with Crippen LogP contribution in [0.25, 0.3) is 0 Å². The zero-order valence-electron chi connectivity index (χ0n) is 38.8. The van der Waals surface area contributed by atoms with Crippen molar-refractivity contribution in [1.82, 2.24) is 61.7 Å². The number of hydrogen-bond acceptors (Lipinski definition) is 19. The first-order chi connectivity index (χ1) is 32.3. The van der Waals surface area contributed by atoms with Crippen molar-refractivity contribution in [2.24, 2.45) is 5.92 Å². The second-order valence-electron chi connectivity index (χ2n) is 17.3. The molecule has 0 radical (unpaired) electrons. The van der Waals surface area contributed by atoms with Crippen molar-refractivity contribution in [3.63, 3.8) is 0 Å². The molecule has 28 heteroatoms. The highest BCUT2D eigenvalue weighted by Crippen LogP contribution is 2.19. The number of ether oxygens (including phenoxy) is 2. The summed E-state index contributed by atoms with van der Waals surface area (Å²) < 4.78 is 10.7. The molecule has 4 rings (SSSR count). The molecule has 4 aliphatic heterocycles. The lowest BCUT2D eigenvalue weighted by Gasteiger charge is -2.33. The summed E-state index contributed by atoms with van der Waals surface area (Å²) in [7, 11) is -1.72. The van der Waals surface area contributed by atoms with Gasteiger partial charge in [-0.15, -0.1) is 0 Å². The topological polar surface area (TPSA) is 347 Å². The van der Waals surface area contributed by atoms with E-state index < -0.39 is 129 Å². The fourth-order valence-corrected chi connectivity index (χ4v) is 7.70. The molecule has 0 aromatic carbocycles. The smallest absolute Gasteiger partial charge is 0.426 e. The molecular formula is C40H65BN12O15. The van der Waals surface area contributed by atoms with Crippen LogP contribution < -0.4 is 37.2 Å². The molecule has 378 valence electrons. The molecule has 0 aromatic heterocycles. The quantitative estimate of drug-likeness (QED) is 0.0455. The zero-order valence-corrected chi connectivity index (χ0v) is 38.8. The summed E-state index contributed by atoms with van der Waals surface area (Å²) in [4.78, 5) is 148. The van der Waals surface area contributed by atoms with Crippen molar-refractivity contribution in [3.8, 4) is 0 Å². The molecule has 0 saturated carbocycles. The van der Waals surface area contributed by atoms with E-state index in [1.165, 1.54) is 11.8 Å². The van der Waals surface area contributed by atoms with Gasteiger partial charge in [-0.1, -0.05) is 13.8 Å². The van der Waals surface area contributed by atoms with Crippen LogP contribution in [0, 0.1) is 5.92 Å². The summed E-state index contributed by atoms with van der Waals surface area (Å²) in [6, 6.07) is -2.11. The summed E-state index contributed by atoms with van der Waals surface area (Å²) >= 11 is 0. The normalized spacial score (nSPS) is 23.4. The van der Waals surface area contributed by atoms with Crippen LogP contribution in [0.2, 0.25) is 0 Å². The first kappa shape index (κ1) is 54.8. The number of amides is 8. The summed E-state index contributed by atoms with van der Waals surface area (Å²) in [6.07, 6.45) is -0.626. The molecular weight excluding hydrogens is 899 g/mol. The Morgan fingerprint density at radius 1 is 0.603 bits per heavy atom. The van der Waals surface area contributed by atoms with Crippen LogP contribution in [0.4, 0.5) is 0 Å². The van der Waals surface area contributed by atoms with Crippen molar-refractivity contribution >= 4 is 72.1 Å². The molecule has 7 atom stereocenters. The Morgan fingerprint density at radius 2 is 1.04 bits per heavy atom. The van der Waals surface area contributed by atoms with Gasteiger partial charge in [-0.3, -0.25) is 72.3 Å². The van der Waals surface area contributed by atoms with E-state index >= 15 is 0 Å². The third-order valence-corrected chi connectivity index (χ3v) is 11.5. The van der Waals surface area contributed by atoms with Crippen LogP contribution in [0.1, 0.15) is 40.0 Å². The van der Waals surface area contributed by atoms with Gasteiger partial charge in [0.1, 0.15) is 12.1 Å². The first-order valence-electron chi connectivity index (χ1n) is 22.7. The lowest BCUT2D eigenvalue weighted by molar-refractivity contribution is -0.189. The summed E-state index contributed by atoms with van der Waals surface area (Å²) in [5.74, 6) is -8.11. The van der Waals surface area contributed by atoms with E-state index in [4.69, 9.17) is 9.47 Å². The Morgan fingerprint density at radius 3 is 1.51 bits per heavy atom. The second kappa shape index (κ2) is 27.3. The van der Waals surface area contributed by atoms with Gasteiger partial charge in [-0.05, 0) is 25.7 Å². The molecule has 0 aliphatic carbocycles. The SMILES string of the molecule is CC(C)[C@H](NC(=O)CNC(=O)CNC(=O)CNC(=O)CNC(=O)CNC(=O)CN1CCN2CCN3CCN(CC1)CC(=O)OC(CC(=O)C2)OC(=O)C3)C(=O)N[C@H](C)C(=O)N1CCC[C@H]1B(O)O. The number of Topliss-reactive ketones (excluding diaryl/α,β-unsaturated/α-hetero) is 1. The number of carbonyl (C=O) groups is 11. The number of likely N-dealkylation sites (tertiary alicyclic amines) is 1. The van der Waals surface area contributed by atoms with Crippen molar-refractivity contribution in [1.29, 1.82) is 0 Å². The molecule has 0 aromatic rings. The lowest BCUT2D eigenvalue weighted by atomic mass is 9.78. The van der Waals surface area contributed by atoms with Gasteiger partial charge in [-0.25, -0.2) is 0 Å². The molecule has 4 saturated heterocycles. The molecule has 8 amide bonds. The van der Waals surface area contributed by atoms with Gasteiger partial charge in [0.15, 0.2) is 5.78 Å². The fraction of sp³-hybridized carbons (Fsp3) is 0.725. The Labute approximate surface area is 393 Å². The maximum absolute atomic E-state index is 13.0. The molecule has 0 spiro atoms. The number of rotatable bonds is 18. The van der Waals surface area contributed by atoms with Gasteiger partial charge < -0.3 is 61.6 Å². The Hall–Kier alpha value is -5.81. The molecule has 4 heterocycles. The van der Waals surface area contributed by atoms with Crippen molar-refractivity contribution in [2.45, 2.75) is 64.3 Å². The van der Waals surface area contributed by atoms with Gasteiger partial charge in [0.25, 0.3) is 6.29 Å². The molecule has 4 bridgehead atoms. The number of hydrogen-bond donors (Lipinski definition) is 9. The maximum atomic E-state index is 13.0. The van der Waals surface area contributed by atoms with Gasteiger partial charge in [-0.2, -0.15) is 0 Å². The largest absolute Gasteiger partial charge is 0.475 e. The van der Waals surface area contributed by atoms with Gasteiger partial charge in [0, 0.05) is 58.9 Å². The highest BCUT2D eigenvalue weighted by atomic mass is 16.7. The van der Waals surface area contributed by atoms with Crippen LogP contribution in [-0.4, -0.2) is 249 Å². The highest BCUT2D eigenvalue weighted by molar-refractivity contribution is 6.43. The van der Waals surface area contributed by atoms with E-state index in [2.05, 4.69) is 37.2 Å². The highest BCUT2D eigenvalue weighted by Gasteiger charge is 2.39. The predicted molar refractivity (Wildman–Crippen MR) is 236 cm³/mol. The third kappa shape index (κ3) is 19.1. The predicted octanol–water partition coefficient (Wildman–Crippen LogP) is -8.16. The monoisotopic (exact) mass is 964 g/mol. The Bertz CT molecular complexity index is 1820. The summed E-state index contributed by atoms with van der Waals surface area (Å²) in [6.45, 7) is 5.40. The molecule has 9 N–H and O–H groups in total. The molecule has 4 aliphatic rings. The van der Waals surface area contributed by atoms with Crippen LogP contribution in [0.3, 0.4) is 0 Å². The van der Waals surface area contributed by atoms with Crippen molar-refractivity contribution in [3.05, 3.63) is 0 Å². The number of fused-ring (bicyclic) bond motifs is 7. The standard InChI is InChI=1S/C40H65BN12O15/c1-25(2)38(39(63)47-26(3)40(64)53-6-4-5-28(53)41(65)66)48-33(59)20-45-31(57)18-43-29(55)16-42-30(56)17-44-32(58)19-46-34(60)22-50-9-7-49-8-11-51-13-14-52(12-10-50)24-36(62)68-37(15-27(54)21-49)67-35(61)23-51/h25-26,28,37-38,65-66H,4-24H2,1-3H3,(H,42,56)(H,43,55)(H,44,58)(H,45,57)(H,46,60)(H,47,63)(H,48,59)/t26-,28+,37?,38+/m1/s1. The van der Waals surface area contributed by atoms with Crippen LogP contribution >= 0.6 is 0 Å². The minimum atomic E-state index is -1.72. The summed E-state index contributed by atoms with van der Waals surface area (Å²) in [5, 5.41) is 35.9. The second-order valence-corrected chi connectivity index (χ2v) is 17.3. The van der Waals surface area contributed by atoms with Crippen LogP contribution in [0.15, 0.2) is 0 Å². The van der Waals surface area contributed by atoms with Crippen molar-refractivity contribution < 1.29 is 72.3 Å². The number of nitrogens with zero attached hydrogens (tertiary/aromatic N) is 5. The molecule has 68 heavy (non-hydrogen) atoms. The molecule has 4 fully saturated rings. The number of nitrogens with one attached hydrogen (secondary N) is 7. The Kier molecular flexibility index (Phi) is 22.0. The van der Waals surface area contributed by atoms with E-state index in [9.17, 15) is 62.8 Å². The van der Waals surface area contributed by atoms with E-state index in [0.29, 0.717) is 71.7 Å². The minimum absolute atomic E-state index is 0.0171. The van der Waals surface area contributed by atoms with Crippen LogP contribution in [-0.2, 0) is 62.2 Å². The molecule has 27 nitrogen and oxygen atoms in total. The Balaban J connectivity index is 1.11. The van der Waals surface area contributed by atoms with Crippen molar-refractivity contribution in [2.75, 3.05) is 118 Å². The zero-order chi connectivity index (χ0) is 49.9.